The second-order valence-electron chi connectivity index (χ2n) is 5.98. The first kappa shape index (κ1) is 16.2. The van der Waals surface area contributed by atoms with Gasteiger partial charge in [-0.3, -0.25) is 4.68 Å². The number of rotatable bonds is 5. The van der Waals surface area contributed by atoms with Crippen molar-refractivity contribution in [3.05, 3.63) is 53.3 Å². The van der Waals surface area contributed by atoms with Gasteiger partial charge < -0.3 is 0 Å². The molecule has 0 amide bonds. The van der Waals surface area contributed by atoms with Gasteiger partial charge in [-0.1, -0.05) is 30.3 Å². The molecule has 1 N–H and O–H groups in total. The molecule has 3 rings (SSSR count). The molecule has 7 heteroatoms. The van der Waals surface area contributed by atoms with E-state index in [9.17, 15) is 8.42 Å². The van der Waals surface area contributed by atoms with E-state index in [0.29, 0.717) is 19.6 Å². The highest BCUT2D eigenvalue weighted by Crippen LogP contribution is 2.24. The third kappa shape index (κ3) is 3.63. The summed E-state index contributed by atoms with van der Waals surface area (Å²) in [6, 6.07) is 11.7. The topological polar surface area (TPSA) is 67.2 Å². The molecule has 0 radical (unpaired) electrons. The van der Waals surface area contributed by atoms with E-state index >= 15 is 0 Å². The number of aryl methyl sites for hydroxylation is 2. The summed E-state index contributed by atoms with van der Waals surface area (Å²) in [5, 5.41) is 4.48. The number of benzene rings is 1. The highest BCUT2D eigenvalue weighted by molar-refractivity contribution is 7.87. The van der Waals surface area contributed by atoms with Crippen molar-refractivity contribution >= 4 is 10.2 Å². The van der Waals surface area contributed by atoms with Gasteiger partial charge in [0.1, 0.15) is 0 Å². The summed E-state index contributed by atoms with van der Waals surface area (Å²) in [5.74, 6) is 0. The van der Waals surface area contributed by atoms with E-state index in [1.54, 1.807) is 0 Å². The molecule has 0 bridgehead atoms. The third-order valence-corrected chi connectivity index (χ3v) is 5.68. The maximum absolute atomic E-state index is 12.5. The van der Waals surface area contributed by atoms with Crippen molar-refractivity contribution in [1.29, 1.82) is 0 Å². The van der Waals surface area contributed by atoms with E-state index in [1.807, 2.05) is 54.9 Å². The zero-order chi connectivity index (χ0) is 16.4. The summed E-state index contributed by atoms with van der Waals surface area (Å²) in [4.78, 5) is 0. The van der Waals surface area contributed by atoms with Crippen LogP contribution in [0.15, 0.2) is 36.4 Å². The second-order valence-corrected chi connectivity index (χ2v) is 7.74. The lowest BCUT2D eigenvalue weighted by Gasteiger charge is -2.18. The molecule has 0 saturated carbocycles. The van der Waals surface area contributed by atoms with E-state index in [4.69, 9.17) is 0 Å². The SMILES string of the molecule is Cc1cc(C)n([C@H]2CCN(S(=O)(=O)NCc3ccccc3)C2)n1. The second kappa shape index (κ2) is 6.43. The molecule has 1 aromatic heterocycles. The quantitative estimate of drug-likeness (QED) is 0.906. The van der Waals surface area contributed by atoms with E-state index in [-0.39, 0.29) is 6.04 Å². The van der Waals surface area contributed by atoms with Gasteiger partial charge in [-0.2, -0.15) is 22.5 Å². The molecule has 0 aliphatic carbocycles. The van der Waals surface area contributed by atoms with Gasteiger partial charge in [0.15, 0.2) is 0 Å². The van der Waals surface area contributed by atoms with Crippen LogP contribution in [0.25, 0.3) is 0 Å². The maximum atomic E-state index is 12.5. The van der Waals surface area contributed by atoms with E-state index in [0.717, 1.165) is 23.4 Å². The first-order chi connectivity index (χ1) is 11.0. The van der Waals surface area contributed by atoms with Crippen molar-refractivity contribution in [3.8, 4) is 0 Å². The van der Waals surface area contributed by atoms with Crippen LogP contribution in [0, 0.1) is 13.8 Å². The Kier molecular flexibility index (Phi) is 4.52. The average Bonchev–Trinajstić information content (AvgIpc) is 3.13. The van der Waals surface area contributed by atoms with Crippen molar-refractivity contribution in [3.63, 3.8) is 0 Å². The van der Waals surface area contributed by atoms with Crippen LogP contribution in [0.1, 0.15) is 29.4 Å². The average molecular weight is 334 g/mol. The van der Waals surface area contributed by atoms with E-state index < -0.39 is 10.2 Å². The van der Waals surface area contributed by atoms with Crippen LogP contribution in [0.5, 0.6) is 0 Å². The minimum absolute atomic E-state index is 0.108. The summed E-state index contributed by atoms with van der Waals surface area (Å²) < 4.78 is 31.1. The molecular weight excluding hydrogens is 312 g/mol. The Balaban J connectivity index is 1.64. The summed E-state index contributed by atoms with van der Waals surface area (Å²) in [7, 11) is -3.46. The Labute approximate surface area is 137 Å². The highest BCUT2D eigenvalue weighted by atomic mass is 32.2. The van der Waals surface area contributed by atoms with Crippen molar-refractivity contribution < 1.29 is 8.42 Å². The van der Waals surface area contributed by atoms with Gasteiger partial charge in [0, 0.05) is 25.3 Å². The van der Waals surface area contributed by atoms with Gasteiger partial charge in [-0.25, -0.2) is 0 Å². The summed E-state index contributed by atoms with van der Waals surface area (Å²) in [6.07, 6.45) is 0.786. The Morgan fingerprint density at radius 1 is 1.26 bits per heavy atom. The normalized spacial score (nSPS) is 19.3. The first-order valence-electron chi connectivity index (χ1n) is 7.77. The minimum Gasteiger partial charge on any atom is -0.265 e. The van der Waals surface area contributed by atoms with E-state index in [1.165, 1.54) is 4.31 Å². The zero-order valence-electron chi connectivity index (χ0n) is 13.4. The number of nitrogens with zero attached hydrogens (tertiary/aromatic N) is 3. The molecule has 1 aromatic carbocycles. The monoisotopic (exact) mass is 334 g/mol. The minimum atomic E-state index is -3.46. The van der Waals surface area contributed by atoms with Crippen molar-refractivity contribution in [2.75, 3.05) is 13.1 Å². The summed E-state index contributed by atoms with van der Waals surface area (Å²) in [6.45, 7) is 5.25. The molecule has 1 aliphatic heterocycles. The number of aromatic nitrogens is 2. The van der Waals surface area contributed by atoms with Gasteiger partial charge >= 0.3 is 0 Å². The van der Waals surface area contributed by atoms with Crippen LogP contribution >= 0.6 is 0 Å². The molecule has 1 atom stereocenters. The largest absolute Gasteiger partial charge is 0.279 e. The van der Waals surface area contributed by atoms with Gasteiger partial charge in [0.05, 0.1) is 11.7 Å². The lowest BCUT2D eigenvalue weighted by Crippen LogP contribution is -2.39. The predicted octanol–water partition coefficient (Wildman–Crippen LogP) is 1.78. The lowest BCUT2D eigenvalue weighted by molar-refractivity contribution is 0.423. The van der Waals surface area contributed by atoms with Gasteiger partial charge in [-0.05, 0) is 31.9 Å². The van der Waals surface area contributed by atoms with Crippen LogP contribution in [0.2, 0.25) is 0 Å². The van der Waals surface area contributed by atoms with Crippen LogP contribution in [0.4, 0.5) is 0 Å². The molecule has 2 aromatic rings. The molecule has 0 spiro atoms. The Morgan fingerprint density at radius 2 is 2.00 bits per heavy atom. The van der Waals surface area contributed by atoms with Crippen LogP contribution in [0.3, 0.4) is 0 Å². The lowest BCUT2D eigenvalue weighted by atomic mass is 10.2. The predicted molar refractivity (Wildman–Crippen MR) is 89.1 cm³/mol. The van der Waals surface area contributed by atoms with Crippen LogP contribution < -0.4 is 4.72 Å². The third-order valence-electron chi connectivity index (χ3n) is 4.16. The molecule has 6 nitrogen and oxygen atoms in total. The Hall–Kier alpha value is -1.70. The van der Waals surface area contributed by atoms with Crippen molar-refractivity contribution in [1.82, 2.24) is 18.8 Å². The van der Waals surface area contributed by atoms with Gasteiger partial charge in [0.2, 0.25) is 0 Å². The molecule has 2 heterocycles. The van der Waals surface area contributed by atoms with Gasteiger partial charge in [-0.15, -0.1) is 0 Å². The molecule has 1 fully saturated rings. The summed E-state index contributed by atoms with van der Waals surface area (Å²) in [5.41, 5.74) is 2.99. The van der Waals surface area contributed by atoms with Crippen LogP contribution in [-0.4, -0.2) is 35.6 Å². The molecule has 124 valence electrons. The number of hydrogen-bond donors (Lipinski definition) is 1. The molecule has 1 aliphatic rings. The Morgan fingerprint density at radius 3 is 2.65 bits per heavy atom. The van der Waals surface area contributed by atoms with E-state index in [2.05, 4.69) is 9.82 Å². The standard InChI is InChI=1S/C16H22N4O2S/c1-13-10-14(2)20(18-13)16-8-9-19(12-16)23(21,22)17-11-15-6-4-3-5-7-15/h3-7,10,16-17H,8-9,11-12H2,1-2H3/t16-/m0/s1. The van der Waals surface area contributed by atoms with Gasteiger partial charge in [0.25, 0.3) is 10.2 Å². The fraction of sp³-hybridized carbons (Fsp3) is 0.438. The number of hydrogen-bond acceptors (Lipinski definition) is 3. The molecule has 1 saturated heterocycles. The fourth-order valence-corrected chi connectivity index (χ4v) is 4.25. The van der Waals surface area contributed by atoms with Crippen molar-refractivity contribution in [2.24, 2.45) is 0 Å². The molecule has 0 unspecified atom stereocenters. The molecule has 23 heavy (non-hydrogen) atoms. The fourth-order valence-electron chi connectivity index (χ4n) is 3.01. The highest BCUT2D eigenvalue weighted by Gasteiger charge is 2.32. The first-order valence-corrected chi connectivity index (χ1v) is 9.21. The van der Waals surface area contributed by atoms with Crippen molar-refractivity contribution in [2.45, 2.75) is 32.9 Å². The number of nitrogens with one attached hydrogen (secondary N) is 1. The zero-order valence-corrected chi connectivity index (χ0v) is 14.3. The maximum Gasteiger partial charge on any atom is 0.279 e. The molecular formula is C16H22N4O2S. The smallest absolute Gasteiger partial charge is 0.265 e. The Bertz CT molecular complexity index is 771. The van der Waals surface area contributed by atoms with Crippen LogP contribution in [-0.2, 0) is 16.8 Å². The summed E-state index contributed by atoms with van der Waals surface area (Å²) >= 11 is 0.